The summed E-state index contributed by atoms with van der Waals surface area (Å²) in [6.07, 6.45) is 2.22. The highest BCUT2D eigenvalue weighted by atomic mass is 16.4. The molecule has 0 spiro atoms. The molecule has 1 aromatic rings. The Morgan fingerprint density at radius 3 is 2.60 bits per heavy atom. The number of hydrogen-bond donors (Lipinski definition) is 2. The Morgan fingerprint density at radius 1 is 1.47 bits per heavy atom. The number of hydrogen-bond acceptors (Lipinski definition) is 2. The van der Waals surface area contributed by atoms with E-state index in [9.17, 15) is 9.90 Å². The van der Waals surface area contributed by atoms with Crippen LogP contribution in [-0.2, 0) is 6.61 Å². The number of carboxylic acid groups (broad SMARTS) is 1. The van der Waals surface area contributed by atoms with Gasteiger partial charge in [-0.3, -0.25) is 0 Å². The molecular formula is C12H14O3. The standard InChI is InChI=1S/C12H14O3/c1-7-10(12(14)15)5-4-9(6-13)11(7)8-2-3-8/h4-5,8,13H,2-3,6H2,1H3,(H,14,15). The number of rotatable bonds is 3. The van der Waals surface area contributed by atoms with Crippen LogP contribution in [0.25, 0.3) is 0 Å². The average molecular weight is 206 g/mol. The van der Waals surface area contributed by atoms with Gasteiger partial charge in [0.1, 0.15) is 0 Å². The smallest absolute Gasteiger partial charge is 0.335 e. The van der Waals surface area contributed by atoms with Crippen LogP contribution in [0.5, 0.6) is 0 Å². The van der Waals surface area contributed by atoms with Crippen LogP contribution in [0, 0.1) is 6.92 Å². The van der Waals surface area contributed by atoms with Crippen molar-refractivity contribution in [1.82, 2.24) is 0 Å². The second kappa shape index (κ2) is 3.66. The van der Waals surface area contributed by atoms with E-state index in [-0.39, 0.29) is 6.61 Å². The zero-order valence-corrected chi connectivity index (χ0v) is 8.66. The lowest BCUT2D eigenvalue weighted by Crippen LogP contribution is -2.05. The minimum Gasteiger partial charge on any atom is -0.478 e. The van der Waals surface area contributed by atoms with E-state index in [1.807, 2.05) is 6.92 Å². The number of aliphatic hydroxyl groups excluding tert-OH is 1. The van der Waals surface area contributed by atoms with Crippen molar-refractivity contribution in [2.45, 2.75) is 32.3 Å². The van der Waals surface area contributed by atoms with Crippen molar-refractivity contribution in [3.8, 4) is 0 Å². The first kappa shape index (κ1) is 10.2. The van der Waals surface area contributed by atoms with Crippen molar-refractivity contribution in [3.63, 3.8) is 0 Å². The van der Waals surface area contributed by atoms with Crippen molar-refractivity contribution < 1.29 is 15.0 Å². The Labute approximate surface area is 88.4 Å². The SMILES string of the molecule is Cc1c(C(=O)O)ccc(CO)c1C1CC1. The second-order valence-electron chi connectivity index (χ2n) is 4.05. The first-order valence-corrected chi connectivity index (χ1v) is 5.11. The summed E-state index contributed by atoms with van der Waals surface area (Å²) in [5, 5.41) is 18.2. The van der Waals surface area contributed by atoms with Crippen LogP contribution in [0.4, 0.5) is 0 Å². The molecule has 1 aliphatic rings. The van der Waals surface area contributed by atoms with Crippen molar-refractivity contribution in [2.24, 2.45) is 0 Å². The van der Waals surface area contributed by atoms with Crippen molar-refractivity contribution in [3.05, 3.63) is 34.4 Å². The molecule has 1 aromatic carbocycles. The molecule has 3 heteroatoms. The van der Waals surface area contributed by atoms with Crippen LogP contribution in [0.2, 0.25) is 0 Å². The van der Waals surface area contributed by atoms with E-state index in [1.165, 1.54) is 0 Å². The Kier molecular flexibility index (Phi) is 2.49. The lowest BCUT2D eigenvalue weighted by molar-refractivity contribution is 0.0696. The summed E-state index contributed by atoms with van der Waals surface area (Å²) in [6, 6.07) is 3.30. The van der Waals surface area contributed by atoms with E-state index in [0.717, 1.165) is 29.5 Å². The molecule has 1 fully saturated rings. The van der Waals surface area contributed by atoms with Gasteiger partial charge in [0.2, 0.25) is 0 Å². The van der Waals surface area contributed by atoms with Gasteiger partial charge in [0.05, 0.1) is 12.2 Å². The van der Waals surface area contributed by atoms with E-state index in [4.69, 9.17) is 5.11 Å². The quantitative estimate of drug-likeness (QED) is 0.795. The molecule has 0 heterocycles. The van der Waals surface area contributed by atoms with Crippen LogP contribution in [0.15, 0.2) is 12.1 Å². The van der Waals surface area contributed by atoms with Crippen molar-refractivity contribution in [1.29, 1.82) is 0 Å². The van der Waals surface area contributed by atoms with Crippen LogP contribution >= 0.6 is 0 Å². The van der Waals surface area contributed by atoms with Gasteiger partial charge < -0.3 is 10.2 Å². The molecule has 0 unspecified atom stereocenters. The molecule has 0 aromatic heterocycles. The molecular weight excluding hydrogens is 192 g/mol. The summed E-state index contributed by atoms with van der Waals surface area (Å²) in [5.41, 5.74) is 3.10. The highest BCUT2D eigenvalue weighted by molar-refractivity contribution is 5.90. The summed E-state index contributed by atoms with van der Waals surface area (Å²) in [4.78, 5) is 11.0. The van der Waals surface area contributed by atoms with Gasteiger partial charge in [-0.2, -0.15) is 0 Å². The zero-order valence-electron chi connectivity index (χ0n) is 8.66. The minimum atomic E-state index is -0.890. The maximum atomic E-state index is 11.0. The minimum absolute atomic E-state index is 0.00737. The van der Waals surface area contributed by atoms with Crippen LogP contribution in [0.3, 0.4) is 0 Å². The highest BCUT2D eigenvalue weighted by Crippen LogP contribution is 2.44. The molecule has 2 N–H and O–H groups in total. The van der Waals surface area contributed by atoms with Gasteiger partial charge >= 0.3 is 5.97 Å². The molecule has 3 nitrogen and oxygen atoms in total. The fourth-order valence-corrected chi connectivity index (χ4v) is 2.09. The Morgan fingerprint density at radius 2 is 2.13 bits per heavy atom. The first-order chi connectivity index (χ1) is 7.15. The normalized spacial score (nSPS) is 15.3. The lowest BCUT2D eigenvalue weighted by atomic mass is 9.94. The van der Waals surface area contributed by atoms with Gasteiger partial charge in [-0.05, 0) is 48.4 Å². The van der Waals surface area contributed by atoms with E-state index in [2.05, 4.69) is 0 Å². The van der Waals surface area contributed by atoms with Gasteiger partial charge in [0.25, 0.3) is 0 Å². The Hall–Kier alpha value is -1.35. The number of aliphatic hydroxyl groups is 1. The summed E-state index contributed by atoms with van der Waals surface area (Å²) in [7, 11) is 0. The summed E-state index contributed by atoms with van der Waals surface area (Å²) >= 11 is 0. The number of carboxylic acids is 1. The van der Waals surface area contributed by atoms with E-state index >= 15 is 0 Å². The van der Waals surface area contributed by atoms with E-state index in [0.29, 0.717) is 11.5 Å². The number of carbonyl (C=O) groups is 1. The van der Waals surface area contributed by atoms with Crippen LogP contribution in [0.1, 0.15) is 45.8 Å². The average Bonchev–Trinajstić information content (AvgIpc) is 3.00. The fraction of sp³-hybridized carbons (Fsp3) is 0.417. The number of benzene rings is 1. The monoisotopic (exact) mass is 206 g/mol. The third kappa shape index (κ3) is 1.75. The molecule has 1 saturated carbocycles. The van der Waals surface area contributed by atoms with Gasteiger partial charge in [0, 0.05) is 0 Å². The molecule has 80 valence electrons. The molecule has 0 bridgehead atoms. The third-order valence-electron chi connectivity index (χ3n) is 2.99. The van der Waals surface area contributed by atoms with Gasteiger partial charge in [-0.25, -0.2) is 4.79 Å². The lowest BCUT2D eigenvalue weighted by Gasteiger charge is -2.12. The molecule has 0 atom stereocenters. The largest absolute Gasteiger partial charge is 0.478 e. The molecule has 1 aliphatic carbocycles. The van der Waals surface area contributed by atoms with Crippen LogP contribution < -0.4 is 0 Å². The molecule has 0 aliphatic heterocycles. The molecule has 0 radical (unpaired) electrons. The number of aromatic carboxylic acids is 1. The third-order valence-corrected chi connectivity index (χ3v) is 2.99. The summed E-state index contributed by atoms with van der Waals surface area (Å²) < 4.78 is 0. The van der Waals surface area contributed by atoms with Gasteiger partial charge in [-0.1, -0.05) is 6.07 Å². The molecule has 0 saturated heterocycles. The predicted octanol–water partition coefficient (Wildman–Crippen LogP) is 2.06. The second-order valence-corrected chi connectivity index (χ2v) is 4.05. The summed E-state index contributed by atoms with van der Waals surface area (Å²) in [5.74, 6) is -0.426. The van der Waals surface area contributed by atoms with E-state index < -0.39 is 5.97 Å². The maximum absolute atomic E-state index is 11.0. The molecule has 0 amide bonds. The summed E-state index contributed by atoms with van der Waals surface area (Å²) in [6.45, 7) is 1.82. The first-order valence-electron chi connectivity index (χ1n) is 5.11. The van der Waals surface area contributed by atoms with Crippen molar-refractivity contribution in [2.75, 3.05) is 0 Å². The predicted molar refractivity (Wildman–Crippen MR) is 56.0 cm³/mol. The van der Waals surface area contributed by atoms with E-state index in [1.54, 1.807) is 12.1 Å². The molecule has 2 rings (SSSR count). The Balaban J connectivity index is 2.55. The van der Waals surface area contributed by atoms with Crippen LogP contribution in [-0.4, -0.2) is 16.2 Å². The maximum Gasteiger partial charge on any atom is 0.335 e. The molecule has 15 heavy (non-hydrogen) atoms. The fourth-order valence-electron chi connectivity index (χ4n) is 2.09. The van der Waals surface area contributed by atoms with Gasteiger partial charge in [-0.15, -0.1) is 0 Å². The highest BCUT2D eigenvalue weighted by Gasteiger charge is 2.29. The van der Waals surface area contributed by atoms with Crippen molar-refractivity contribution >= 4 is 5.97 Å². The zero-order chi connectivity index (χ0) is 11.0. The topological polar surface area (TPSA) is 57.5 Å². The Bertz CT molecular complexity index is 406. The van der Waals surface area contributed by atoms with Gasteiger partial charge in [0.15, 0.2) is 0 Å².